The van der Waals surface area contributed by atoms with Gasteiger partial charge in [0.25, 0.3) is 5.82 Å². The number of rotatable bonds is 6. The molecule has 0 amide bonds. The number of carbonyl (C=O) groups is 2. The number of hydrogen-bond donors (Lipinski definition) is 2. The summed E-state index contributed by atoms with van der Waals surface area (Å²) >= 11 is 3.36. The Morgan fingerprint density at radius 2 is 2.25 bits per heavy atom. The van der Waals surface area contributed by atoms with E-state index in [1.165, 1.54) is 29.2 Å². The van der Waals surface area contributed by atoms with Gasteiger partial charge < -0.3 is 19.9 Å². The van der Waals surface area contributed by atoms with Crippen LogP contribution < -0.4 is 5.32 Å². The van der Waals surface area contributed by atoms with Gasteiger partial charge in [0.1, 0.15) is 24.3 Å². The van der Waals surface area contributed by atoms with Crippen molar-refractivity contribution < 1.29 is 28.6 Å². The normalized spacial score (nSPS) is 20.3. The highest BCUT2D eigenvalue weighted by Crippen LogP contribution is 2.36. The molecule has 2 aliphatic rings. The zero-order chi connectivity index (χ0) is 25.8. The van der Waals surface area contributed by atoms with Crippen LogP contribution >= 0.6 is 15.9 Å². The van der Waals surface area contributed by atoms with Gasteiger partial charge in [-0.25, -0.2) is 24.0 Å². The third kappa shape index (κ3) is 5.43. The van der Waals surface area contributed by atoms with E-state index in [0.717, 1.165) is 0 Å². The second kappa shape index (κ2) is 10.9. The van der Waals surface area contributed by atoms with Gasteiger partial charge in [0.15, 0.2) is 6.10 Å². The highest BCUT2D eigenvalue weighted by molar-refractivity contribution is 9.10. The number of hydrogen-bond acceptors (Lipinski definition) is 10. The summed E-state index contributed by atoms with van der Waals surface area (Å²) in [5, 5.41) is 25.7. The van der Waals surface area contributed by atoms with Crippen LogP contribution in [0.25, 0.3) is 0 Å². The van der Waals surface area contributed by atoms with Crippen molar-refractivity contribution in [3.8, 4) is 6.07 Å². The Morgan fingerprint density at radius 1 is 1.44 bits per heavy atom. The van der Waals surface area contributed by atoms with Gasteiger partial charge in [-0.3, -0.25) is 4.90 Å². The predicted octanol–water partition coefficient (Wildman–Crippen LogP) is 1.20. The molecule has 1 saturated heterocycles. The van der Waals surface area contributed by atoms with Gasteiger partial charge in [-0.2, -0.15) is 9.94 Å². The first-order valence-electron chi connectivity index (χ1n) is 10.9. The second-order valence-electron chi connectivity index (χ2n) is 7.82. The molecular formula is C22H21BrFN7O5. The Bertz CT molecular complexity index is 1290. The Kier molecular flexibility index (Phi) is 7.73. The lowest BCUT2D eigenvalue weighted by atomic mass is 9.95. The minimum atomic E-state index is -1.09. The van der Waals surface area contributed by atoms with Gasteiger partial charge in [0, 0.05) is 29.8 Å². The Hall–Kier alpha value is -3.67. The first kappa shape index (κ1) is 25.4. The van der Waals surface area contributed by atoms with Crippen molar-refractivity contribution in [3.05, 3.63) is 57.5 Å². The summed E-state index contributed by atoms with van der Waals surface area (Å²) in [6.07, 6.45) is 0.279. The molecule has 0 radical (unpaired) electrons. The number of nitrogens with one attached hydrogen (secondary N) is 1. The lowest BCUT2D eigenvalue weighted by Gasteiger charge is -2.34. The van der Waals surface area contributed by atoms with Crippen molar-refractivity contribution in [1.29, 1.82) is 5.26 Å². The van der Waals surface area contributed by atoms with Crippen LogP contribution in [0.4, 0.5) is 4.39 Å². The number of morpholine rings is 1. The molecule has 1 aromatic carbocycles. The molecule has 12 nitrogen and oxygen atoms in total. The van der Waals surface area contributed by atoms with Gasteiger partial charge in [-0.1, -0.05) is 22.0 Å². The van der Waals surface area contributed by atoms with E-state index >= 15 is 0 Å². The molecule has 2 aliphatic heterocycles. The van der Waals surface area contributed by atoms with E-state index in [2.05, 4.69) is 36.3 Å². The number of carboxylic acid groups (broad SMARTS) is 1. The van der Waals surface area contributed by atoms with Crippen LogP contribution in [-0.2, 0) is 19.1 Å². The number of esters is 1. The number of carboxylic acids is 1. The molecule has 1 fully saturated rings. The standard InChI is InChI=1S/C22H21BrFN7O5/c1-2-35-21(34)18-15(9-30-5-6-36-16(10-30)20(32)33)27-22(31-11-26-17(8-25)29-31)28-19(18)13-4-3-12(24)7-14(13)23/h3-4,7,11,16,19H,2,5-6,9-10H2,1H3,(H,27,28)(H,32,33). The lowest BCUT2D eigenvalue weighted by Crippen LogP contribution is -2.49. The first-order valence-corrected chi connectivity index (χ1v) is 11.7. The van der Waals surface area contributed by atoms with Gasteiger partial charge in [-0.15, -0.1) is 5.10 Å². The predicted molar refractivity (Wildman–Crippen MR) is 125 cm³/mol. The van der Waals surface area contributed by atoms with E-state index in [1.54, 1.807) is 6.92 Å². The summed E-state index contributed by atoms with van der Waals surface area (Å²) in [6.45, 7) is 2.62. The minimum Gasteiger partial charge on any atom is -0.479 e. The Labute approximate surface area is 213 Å². The van der Waals surface area contributed by atoms with Gasteiger partial charge in [0.05, 0.1) is 18.8 Å². The quantitative estimate of drug-likeness (QED) is 0.491. The van der Waals surface area contributed by atoms with Crippen LogP contribution in [0.5, 0.6) is 0 Å². The molecule has 3 heterocycles. The zero-order valence-electron chi connectivity index (χ0n) is 19.0. The molecule has 188 valence electrons. The molecule has 2 atom stereocenters. The lowest BCUT2D eigenvalue weighted by molar-refractivity contribution is -0.155. The van der Waals surface area contributed by atoms with Crippen LogP contribution in [0.15, 0.2) is 45.3 Å². The molecule has 2 aromatic rings. The van der Waals surface area contributed by atoms with Crippen LogP contribution in [0.1, 0.15) is 24.4 Å². The number of benzene rings is 1. The van der Waals surface area contributed by atoms with E-state index in [4.69, 9.17) is 14.7 Å². The molecule has 36 heavy (non-hydrogen) atoms. The molecule has 0 aliphatic carbocycles. The van der Waals surface area contributed by atoms with E-state index in [1.807, 2.05) is 11.0 Å². The molecular weight excluding hydrogens is 541 g/mol. The van der Waals surface area contributed by atoms with Gasteiger partial charge in [0.2, 0.25) is 5.96 Å². The number of halogens is 2. The van der Waals surface area contributed by atoms with E-state index in [9.17, 15) is 19.1 Å². The van der Waals surface area contributed by atoms with Crippen LogP contribution in [-0.4, -0.2) is 81.6 Å². The number of nitrogens with zero attached hydrogens (tertiary/aromatic N) is 6. The molecule has 2 N–H and O–H groups in total. The summed E-state index contributed by atoms with van der Waals surface area (Å²) in [7, 11) is 0. The summed E-state index contributed by atoms with van der Waals surface area (Å²) < 4.78 is 26.1. The second-order valence-corrected chi connectivity index (χ2v) is 8.67. The monoisotopic (exact) mass is 561 g/mol. The summed E-state index contributed by atoms with van der Waals surface area (Å²) in [5.74, 6) is -2.12. The zero-order valence-corrected chi connectivity index (χ0v) is 20.6. The highest BCUT2D eigenvalue weighted by atomic mass is 79.9. The highest BCUT2D eigenvalue weighted by Gasteiger charge is 2.36. The SMILES string of the molecule is CCOC(=O)C1=C(CN2CCOC(C(=O)O)C2)NC(n2cnc(C#N)n2)=NC1c1ccc(F)cc1Br. The third-order valence-electron chi connectivity index (χ3n) is 5.48. The number of aliphatic carboxylic acids is 1. The summed E-state index contributed by atoms with van der Waals surface area (Å²) in [5.41, 5.74) is 1.05. The van der Waals surface area contributed by atoms with Crippen molar-refractivity contribution in [3.63, 3.8) is 0 Å². The molecule has 0 spiro atoms. The van der Waals surface area contributed by atoms with Crippen molar-refractivity contribution >= 4 is 33.8 Å². The summed E-state index contributed by atoms with van der Waals surface area (Å²) in [4.78, 5) is 35.0. The fourth-order valence-electron chi connectivity index (χ4n) is 3.86. The number of nitriles is 1. The van der Waals surface area contributed by atoms with Crippen LogP contribution in [0.2, 0.25) is 0 Å². The number of aliphatic imine (C=N–C) groups is 1. The fraction of sp³-hybridized carbons (Fsp3) is 0.364. The molecule has 4 rings (SSSR count). The van der Waals surface area contributed by atoms with Crippen molar-refractivity contribution in [2.24, 2.45) is 4.99 Å². The molecule has 1 aromatic heterocycles. The third-order valence-corrected chi connectivity index (χ3v) is 6.17. The first-order chi connectivity index (χ1) is 17.3. The van der Waals surface area contributed by atoms with Crippen molar-refractivity contribution in [2.75, 3.05) is 32.8 Å². The molecule has 0 saturated carbocycles. The van der Waals surface area contributed by atoms with Crippen LogP contribution in [0.3, 0.4) is 0 Å². The average molecular weight is 562 g/mol. The smallest absolute Gasteiger partial charge is 0.338 e. The fourth-order valence-corrected chi connectivity index (χ4v) is 4.42. The average Bonchev–Trinajstić information content (AvgIpc) is 3.33. The maximum absolute atomic E-state index is 13.9. The topological polar surface area (TPSA) is 155 Å². The largest absolute Gasteiger partial charge is 0.479 e. The maximum Gasteiger partial charge on any atom is 0.338 e. The number of aromatic nitrogens is 3. The van der Waals surface area contributed by atoms with Crippen molar-refractivity contribution in [2.45, 2.75) is 19.1 Å². The van der Waals surface area contributed by atoms with Crippen molar-refractivity contribution in [1.82, 2.24) is 25.0 Å². The molecule has 2 unspecified atom stereocenters. The number of ether oxygens (including phenoxy) is 2. The van der Waals surface area contributed by atoms with Crippen LogP contribution in [0, 0.1) is 17.1 Å². The van der Waals surface area contributed by atoms with E-state index in [0.29, 0.717) is 22.3 Å². The number of carbonyl (C=O) groups excluding carboxylic acids is 1. The van der Waals surface area contributed by atoms with E-state index in [-0.39, 0.29) is 43.7 Å². The van der Waals surface area contributed by atoms with E-state index < -0.39 is 29.9 Å². The minimum absolute atomic E-state index is 0.0850. The Balaban J connectivity index is 1.81. The van der Waals surface area contributed by atoms with Gasteiger partial charge in [-0.05, 0) is 24.6 Å². The molecule has 0 bridgehead atoms. The maximum atomic E-state index is 13.9. The van der Waals surface area contributed by atoms with Gasteiger partial charge >= 0.3 is 11.9 Å². The summed E-state index contributed by atoms with van der Waals surface area (Å²) in [6, 6.07) is 4.93. The molecule has 14 heteroatoms. The Morgan fingerprint density at radius 3 is 2.92 bits per heavy atom.